The molecule has 6 nitrogen and oxygen atoms in total. The molecule has 2 unspecified atom stereocenters. The van der Waals surface area contributed by atoms with Crippen LogP contribution in [-0.2, 0) is 4.74 Å². The Labute approximate surface area is 114 Å². The molecule has 3 heterocycles. The van der Waals surface area contributed by atoms with Crippen molar-refractivity contribution in [2.75, 3.05) is 13.1 Å². The summed E-state index contributed by atoms with van der Waals surface area (Å²) in [5, 5.41) is 0. The van der Waals surface area contributed by atoms with E-state index in [0.29, 0.717) is 29.8 Å². The predicted molar refractivity (Wildman–Crippen MR) is 71.1 cm³/mol. The molecule has 0 aromatic carbocycles. The first-order chi connectivity index (χ1) is 9.13. The van der Waals surface area contributed by atoms with Gasteiger partial charge in [-0.3, -0.25) is 4.79 Å². The van der Waals surface area contributed by atoms with Gasteiger partial charge < -0.3 is 9.64 Å². The average molecular weight is 278 g/mol. The lowest BCUT2D eigenvalue weighted by atomic mass is 10.2. The SMILES string of the molecule is CC1CN(C(=O)c2cnc3nsnc3c2)CC(C)O1. The normalized spacial score (nSPS) is 23.8. The predicted octanol–water partition coefficient (Wildman–Crippen LogP) is 1.34. The summed E-state index contributed by atoms with van der Waals surface area (Å²) in [4.78, 5) is 18.4. The zero-order valence-electron chi connectivity index (χ0n) is 10.7. The highest BCUT2D eigenvalue weighted by molar-refractivity contribution is 7.00. The minimum Gasteiger partial charge on any atom is -0.372 e. The van der Waals surface area contributed by atoms with Crippen LogP contribution in [0.4, 0.5) is 0 Å². The van der Waals surface area contributed by atoms with Crippen molar-refractivity contribution in [2.45, 2.75) is 26.1 Å². The number of nitrogens with zero attached hydrogens (tertiary/aromatic N) is 4. The summed E-state index contributed by atoms with van der Waals surface area (Å²) in [7, 11) is 0. The summed E-state index contributed by atoms with van der Waals surface area (Å²) in [5.74, 6) is -0.0237. The van der Waals surface area contributed by atoms with Gasteiger partial charge in [0.15, 0.2) is 5.65 Å². The van der Waals surface area contributed by atoms with E-state index in [1.165, 1.54) is 0 Å². The number of carbonyl (C=O) groups is 1. The third-order valence-electron chi connectivity index (χ3n) is 3.07. The first kappa shape index (κ1) is 12.4. The van der Waals surface area contributed by atoms with Crippen LogP contribution >= 0.6 is 11.7 Å². The van der Waals surface area contributed by atoms with Crippen molar-refractivity contribution in [3.05, 3.63) is 17.8 Å². The fourth-order valence-electron chi connectivity index (χ4n) is 2.33. The molecule has 100 valence electrons. The van der Waals surface area contributed by atoms with Crippen molar-refractivity contribution in [2.24, 2.45) is 0 Å². The van der Waals surface area contributed by atoms with E-state index < -0.39 is 0 Å². The molecule has 1 aliphatic heterocycles. The number of carbonyl (C=O) groups excluding carboxylic acids is 1. The molecule has 7 heteroatoms. The maximum atomic E-state index is 12.4. The van der Waals surface area contributed by atoms with Crippen LogP contribution in [0.3, 0.4) is 0 Å². The summed E-state index contributed by atoms with van der Waals surface area (Å²) in [6, 6.07) is 1.75. The Morgan fingerprint density at radius 3 is 2.84 bits per heavy atom. The van der Waals surface area contributed by atoms with Gasteiger partial charge in [0.1, 0.15) is 5.52 Å². The van der Waals surface area contributed by atoms with E-state index in [1.807, 2.05) is 18.7 Å². The number of aromatic nitrogens is 3. The molecule has 1 aliphatic rings. The zero-order chi connectivity index (χ0) is 13.4. The highest BCUT2D eigenvalue weighted by atomic mass is 32.1. The quantitative estimate of drug-likeness (QED) is 0.787. The minimum absolute atomic E-state index is 0.0237. The van der Waals surface area contributed by atoms with E-state index in [0.717, 1.165) is 11.7 Å². The van der Waals surface area contributed by atoms with E-state index in [4.69, 9.17) is 4.74 Å². The van der Waals surface area contributed by atoms with Crippen molar-refractivity contribution in [1.82, 2.24) is 18.6 Å². The first-order valence-electron chi connectivity index (χ1n) is 6.16. The summed E-state index contributed by atoms with van der Waals surface area (Å²) in [6.45, 7) is 5.16. The van der Waals surface area contributed by atoms with Crippen LogP contribution in [0.2, 0.25) is 0 Å². The molecule has 0 N–H and O–H groups in total. The second-order valence-corrected chi connectivity index (χ2v) is 5.33. The van der Waals surface area contributed by atoms with Crippen molar-refractivity contribution in [3.8, 4) is 0 Å². The Bertz CT molecular complexity index is 605. The molecule has 2 atom stereocenters. The van der Waals surface area contributed by atoms with Gasteiger partial charge in [-0.15, -0.1) is 0 Å². The minimum atomic E-state index is -0.0237. The third kappa shape index (κ3) is 2.43. The van der Waals surface area contributed by atoms with E-state index >= 15 is 0 Å². The highest BCUT2D eigenvalue weighted by Gasteiger charge is 2.27. The van der Waals surface area contributed by atoms with E-state index in [1.54, 1.807) is 12.3 Å². The van der Waals surface area contributed by atoms with Crippen LogP contribution in [0.25, 0.3) is 11.2 Å². The Morgan fingerprint density at radius 2 is 2.11 bits per heavy atom. The number of amides is 1. The van der Waals surface area contributed by atoms with Gasteiger partial charge in [0, 0.05) is 19.3 Å². The molecule has 0 radical (unpaired) electrons. The van der Waals surface area contributed by atoms with Crippen LogP contribution in [0.1, 0.15) is 24.2 Å². The number of pyridine rings is 1. The molecule has 3 rings (SSSR count). The number of fused-ring (bicyclic) bond motifs is 1. The molecule has 0 spiro atoms. The Balaban J connectivity index is 1.86. The van der Waals surface area contributed by atoms with Crippen LogP contribution in [0.15, 0.2) is 12.3 Å². The number of rotatable bonds is 1. The summed E-state index contributed by atoms with van der Waals surface area (Å²) < 4.78 is 13.8. The zero-order valence-corrected chi connectivity index (χ0v) is 11.6. The van der Waals surface area contributed by atoms with Crippen molar-refractivity contribution in [3.63, 3.8) is 0 Å². The molecule has 0 bridgehead atoms. The average Bonchev–Trinajstić information content (AvgIpc) is 2.83. The Kier molecular flexibility index (Phi) is 3.16. The molecule has 1 amide bonds. The van der Waals surface area contributed by atoms with E-state index in [-0.39, 0.29) is 18.1 Å². The van der Waals surface area contributed by atoms with Crippen molar-refractivity contribution < 1.29 is 9.53 Å². The highest BCUT2D eigenvalue weighted by Crippen LogP contribution is 2.16. The largest absolute Gasteiger partial charge is 0.372 e. The first-order valence-corrected chi connectivity index (χ1v) is 6.89. The number of hydrogen-bond donors (Lipinski definition) is 0. The maximum absolute atomic E-state index is 12.4. The van der Waals surface area contributed by atoms with Gasteiger partial charge in [0.05, 0.1) is 29.5 Å². The van der Waals surface area contributed by atoms with Crippen LogP contribution < -0.4 is 0 Å². The van der Waals surface area contributed by atoms with Gasteiger partial charge >= 0.3 is 0 Å². The van der Waals surface area contributed by atoms with Gasteiger partial charge in [-0.2, -0.15) is 8.75 Å². The van der Waals surface area contributed by atoms with Gasteiger partial charge in [-0.25, -0.2) is 4.98 Å². The number of hydrogen-bond acceptors (Lipinski definition) is 6. The topological polar surface area (TPSA) is 68.2 Å². The third-order valence-corrected chi connectivity index (χ3v) is 3.60. The lowest BCUT2D eigenvalue weighted by molar-refractivity contribution is -0.0586. The molecular formula is C12H14N4O2S. The van der Waals surface area contributed by atoms with Crippen molar-refractivity contribution >= 4 is 28.8 Å². The van der Waals surface area contributed by atoms with Gasteiger partial charge in [0.2, 0.25) is 0 Å². The Hall–Kier alpha value is -1.60. The second-order valence-electron chi connectivity index (χ2n) is 4.80. The lowest BCUT2D eigenvalue weighted by Gasteiger charge is -2.35. The van der Waals surface area contributed by atoms with E-state index in [2.05, 4.69) is 13.7 Å². The smallest absolute Gasteiger partial charge is 0.255 e. The molecule has 1 saturated heterocycles. The van der Waals surface area contributed by atoms with Crippen molar-refractivity contribution in [1.29, 1.82) is 0 Å². The summed E-state index contributed by atoms with van der Waals surface area (Å²) in [6.07, 6.45) is 1.69. The number of ether oxygens (including phenoxy) is 1. The second kappa shape index (κ2) is 4.82. The standard InChI is InChI=1S/C12H14N4O2S/c1-7-5-16(6-8(2)18-7)12(17)9-3-10-11(13-4-9)15-19-14-10/h3-4,7-8H,5-6H2,1-2H3. The van der Waals surface area contributed by atoms with E-state index in [9.17, 15) is 4.79 Å². The molecule has 2 aromatic heterocycles. The monoisotopic (exact) mass is 278 g/mol. The molecule has 2 aromatic rings. The maximum Gasteiger partial charge on any atom is 0.255 e. The Morgan fingerprint density at radius 1 is 1.37 bits per heavy atom. The molecule has 19 heavy (non-hydrogen) atoms. The van der Waals surface area contributed by atoms with Crippen LogP contribution in [0.5, 0.6) is 0 Å². The number of morpholine rings is 1. The lowest BCUT2D eigenvalue weighted by Crippen LogP contribution is -2.48. The van der Waals surface area contributed by atoms with Gasteiger partial charge in [-0.05, 0) is 19.9 Å². The summed E-state index contributed by atoms with van der Waals surface area (Å²) in [5.41, 5.74) is 1.82. The molecular weight excluding hydrogens is 264 g/mol. The van der Waals surface area contributed by atoms with Gasteiger partial charge in [0.25, 0.3) is 5.91 Å². The molecule has 0 aliphatic carbocycles. The van der Waals surface area contributed by atoms with Gasteiger partial charge in [-0.1, -0.05) is 0 Å². The van der Waals surface area contributed by atoms with Crippen LogP contribution in [0, 0.1) is 0 Å². The van der Waals surface area contributed by atoms with Crippen LogP contribution in [-0.4, -0.2) is 49.8 Å². The molecule has 0 saturated carbocycles. The fourth-order valence-corrected chi connectivity index (χ4v) is 2.81. The fraction of sp³-hybridized carbons (Fsp3) is 0.500. The molecule has 1 fully saturated rings. The summed E-state index contributed by atoms with van der Waals surface area (Å²) >= 11 is 1.10.